The summed E-state index contributed by atoms with van der Waals surface area (Å²) in [6.07, 6.45) is 8.22. The second-order valence-corrected chi connectivity index (χ2v) is 7.86. The number of fused-ring (bicyclic) bond motifs is 2. The molecule has 2 fully saturated rings. The number of rotatable bonds is 2. The van der Waals surface area contributed by atoms with Crippen molar-refractivity contribution in [2.24, 2.45) is 5.92 Å². The van der Waals surface area contributed by atoms with E-state index in [0.717, 1.165) is 36.8 Å². The Labute approximate surface area is 161 Å². The first-order valence-corrected chi connectivity index (χ1v) is 9.77. The zero-order chi connectivity index (χ0) is 19.3. The van der Waals surface area contributed by atoms with Crippen LogP contribution in [-0.2, 0) is 16.8 Å². The highest BCUT2D eigenvalue weighted by Crippen LogP contribution is 2.45. The lowest BCUT2D eigenvalue weighted by Crippen LogP contribution is -2.59. The van der Waals surface area contributed by atoms with Gasteiger partial charge in [0.05, 0.1) is 23.8 Å². The van der Waals surface area contributed by atoms with E-state index in [-0.39, 0.29) is 29.0 Å². The number of likely N-dealkylation sites (tertiary alicyclic amines) is 1. The van der Waals surface area contributed by atoms with E-state index in [1.54, 1.807) is 11.2 Å². The zero-order valence-electron chi connectivity index (χ0n) is 15.5. The van der Waals surface area contributed by atoms with Gasteiger partial charge < -0.3 is 19.8 Å². The molecule has 4 heterocycles. The van der Waals surface area contributed by atoms with Crippen LogP contribution in [0.25, 0.3) is 0 Å². The van der Waals surface area contributed by atoms with Gasteiger partial charge in [-0.2, -0.15) is 0 Å². The number of nitrogens with one attached hydrogen (secondary N) is 2. The number of hydrogen-bond acceptors (Lipinski definition) is 5. The van der Waals surface area contributed by atoms with Crippen LogP contribution in [0.15, 0.2) is 23.5 Å². The van der Waals surface area contributed by atoms with E-state index in [2.05, 4.69) is 19.9 Å². The number of carbonyl (C=O) groups excluding carboxylic acids is 2. The Hall–Kier alpha value is -2.97. The topological polar surface area (TPSA) is 115 Å². The van der Waals surface area contributed by atoms with Crippen LogP contribution in [0.1, 0.15) is 47.6 Å². The van der Waals surface area contributed by atoms with Crippen molar-refractivity contribution in [3.8, 4) is 0 Å². The first-order chi connectivity index (χ1) is 13.6. The number of hydrogen-bond donors (Lipinski definition) is 2. The van der Waals surface area contributed by atoms with E-state index in [1.807, 2.05) is 4.90 Å². The monoisotopic (exact) mass is 382 g/mol. The molecule has 0 unspecified atom stereocenters. The predicted molar refractivity (Wildman–Crippen MR) is 98.4 cm³/mol. The van der Waals surface area contributed by atoms with Crippen LogP contribution in [0.5, 0.6) is 0 Å². The lowest BCUT2D eigenvalue weighted by Gasteiger charge is -2.50. The minimum atomic E-state index is -0.442. The molecule has 146 valence electrons. The van der Waals surface area contributed by atoms with E-state index in [9.17, 15) is 14.4 Å². The van der Waals surface area contributed by atoms with E-state index in [0.29, 0.717) is 32.5 Å². The highest BCUT2D eigenvalue weighted by atomic mass is 16.2. The number of imidazole rings is 1. The second kappa shape index (κ2) is 6.29. The van der Waals surface area contributed by atoms with E-state index in [1.165, 1.54) is 6.20 Å². The Morgan fingerprint density at radius 2 is 1.89 bits per heavy atom. The lowest BCUT2D eigenvalue weighted by molar-refractivity contribution is -0.143. The maximum absolute atomic E-state index is 13.0. The van der Waals surface area contributed by atoms with Crippen LogP contribution >= 0.6 is 0 Å². The van der Waals surface area contributed by atoms with Crippen molar-refractivity contribution in [2.75, 3.05) is 19.6 Å². The van der Waals surface area contributed by atoms with Crippen LogP contribution < -0.4 is 5.56 Å². The van der Waals surface area contributed by atoms with Gasteiger partial charge in [-0.05, 0) is 25.7 Å². The van der Waals surface area contributed by atoms with Gasteiger partial charge in [-0.15, -0.1) is 0 Å². The molecule has 0 radical (unpaired) electrons. The maximum atomic E-state index is 13.0. The van der Waals surface area contributed by atoms with Gasteiger partial charge in [0.25, 0.3) is 11.5 Å². The molecule has 9 nitrogen and oxygen atoms in total. The Kier molecular flexibility index (Phi) is 3.85. The van der Waals surface area contributed by atoms with Gasteiger partial charge in [0, 0.05) is 43.9 Å². The Morgan fingerprint density at radius 1 is 1.11 bits per heavy atom. The molecular weight excluding hydrogens is 360 g/mol. The van der Waals surface area contributed by atoms with Crippen molar-refractivity contribution in [1.82, 2.24) is 29.7 Å². The Bertz CT molecular complexity index is 963. The van der Waals surface area contributed by atoms with Crippen LogP contribution in [-0.4, -0.2) is 61.2 Å². The summed E-state index contributed by atoms with van der Waals surface area (Å²) in [5, 5.41) is 0. The third-order valence-corrected chi connectivity index (χ3v) is 6.22. The summed E-state index contributed by atoms with van der Waals surface area (Å²) in [5.74, 6) is 0.183. The third kappa shape index (κ3) is 2.64. The summed E-state index contributed by atoms with van der Waals surface area (Å²) in [4.78, 5) is 55.0. The molecule has 0 bridgehead atoms. The summed E-state index contributed by atoms with van der Waals surface area (Å²) in [5.41, 5.74) is 1.51. The van der Waals surface area contributed by atoms with Crippen molar-refractivity contribution in [2.45, 2.75) is 37.6 Å². The molecule has 1 saturated carbocycles. The lowest BCUT2D eigenvalue weighted by atomic mass is 9.78. The molecule has 28 heavy (non-hydrogen) atoms. The molecule has 1 spiro atoms. The van der Waals surface area contributed by atoms with Crippen molar-refractivity contribution in [3.05, 3.63) is 46.2 Å². The van der Waals surface area contributed by atoms with Crippen LogP contribution in [0.4, 0.5) is 0 Å². The smallest absolute Gasteiger partial charge is 0.273 e. The maximum Gasteiger partial charge on any atom is 0.273 e. The summed E-state index contributed by atoms with van der Waals surface area (Å²) >= 11 is 0. The fraction of sp³-hybridized carbons (Fsp3) is 0.526. The van der Waals surface area contributed by atoms with Gasteiger partial charge in [0.1, 0.15) is 5.69 Å². The standard InChI is InChI=1S/C19H22N6O3/c26-15-10-20-14(9-21-15)18(28)24-7-4-19(5-8-24)16-13(22-11-23-16)3-6-25(19)17(27)12-1-2-12/h9-12H,1-8H2,(H,21,26)(H,22,23). The molecule has 2 aromatic rings. The molecule has 1 aliphatic carbocycles. The number of H-pyrrole nitrogens is 2. The number of aromatic amines is 2. The predicted octanol–water partition coefficient (Wildman–Crippen LogP) is 0.419. The molecule has 3 aliphatic rings. The van der Waals surface area contributed by atoms with Gasteiger partial charge in [-0.1, -0.05) is 0 Å². The van der Waals surface area contributed by atoms with Crippen LogP contribution in [0.3, 0.4) is 0 Å². The van der Waals surface area contributed by atoms with Crippen molar-refractivity contribution in [1.29, 1.82) is 0 Å². The number of nitrogens with zero attached hydrogens (tertiary/aromatic N) is 4. The number of amides is 2. The molecule has 2 aliphatic heterocycles. The van der Waals surface area contributed by atoms with Gasteiger partial charge in [0.15, 0.2) is 0 Å². The van der Waals surface area contributed by atoms with Crippen LogP contribution in [0.2, 0.25) is 0 Å². The minimum Gasteiger partial charge on any atom is -0.348 e. The Balaban J connectivity index is 1.40. The average Bonchev–Trinajstić information content (AvgIpc) is 3.45. The van der Waals surface area contributed by atoms with E-state index in [4.69, 9.17) is 0 Å². The summed E-state index contributed by atoms with van der Waals surface area (Å²) in [7, 11) is 0. The fourth-order valence-corrected chi connectivity index (χ4v) is 4.56. The molecule has 5 rings (SSSR count). The molecule has 2 N–H and O–H groups in total. The van der Waals surface area contributed by atoms with Gasteiger partial charge in [-0.25, -0.2) is 9.97 Å². The minimum absolute atomic E-state index is 0.155. The van der Waals surface area contributed by atoms with Gasteiger partial charge in [-0.3, -0.25) is 14.4 Å². The quantitative estimate of drug-likeness (QED) is 0.781. The Morgan fingerprint density at radius 3 is 2.57 bits per heavy atom. The van der Waals surface area contributed by atoms with Crippen molar-refractivity contribution < 1.29 is 9.59 Å². The summed E-state index contributed by atoms with van der Waals surface area (Å²) < 4.78 is 0. The fourth-order valence-electron chi connectivity index (χ4n) is 4.56. The van der Waals surface area contributed by atoms with E-state index >= 15 is 0 Å². The van der Waals surface area contributed by atoms with E-state index < -0.39 is 5.54 Å². The molecule has 0 atom stereocenters. The SMILES string of the molecule is O=C(c1c[nH]c(=O)cn1)N1CCC2(CC1)c1nc[nH]c1CCN2C(=O)C1CC1. The normalized spacial score (nSPS) is 20.9. The average molecular weight is 382 g/mol. The first-order valence-electron chi connectivity index (χ1n) is 9.77. The molecule has 0 aromatic carbocycles. The number of piperidine rings is 1. The third-order valence-electron chi connectivity index (χ3n) is 6.22. The van der Waals surface area contributed by atoms with Crippen molar-refractivity contribution >= 4 is 11.8 Å². The zero-order valence-corrected chi connectivity index (χ0v) is 15.5. The molecular formula is C19H22N6O3. The van der Waals surface area contributed by atoms with Crippen LogP contribution in [0, 0.1) is 5.92 Å². The molecule has 1 saturated heterocycles. The molecule has 9 heteroatoms. The first kappa shape index (κ1) is 17.2. The van der Waals surface area contributed by atoms with Gasteiger partial charge in [0.2, 0.25) is 5.91 Å². The second-order valence-electron chi connectivity index (χ2n) is 7.86. The highest BCUT2D eigenvalue weighted by molar-refractivity contribution is 5.92. The highest BCUT2D eigenvalue weighted by Gasteiger charge is 2.51. The largest absolute Gasteiger partial charge is 0.348 e. The number of carbonyl (C=O) groups is 2. The van der Waals surface area contributed by atoms with Gasteiger partial charge >= 0.3 is 0 Å². The molecule has 2 aromatic heterocycles. The van der Waals surface area contributed by atoms with Crippen molar-refractivity contribution in [3.63, 3.8) is 0 Å². The summed E-state index contributed by atoms with van der Waals surface area (Å²) in [6.45, 7) is 1.72. The molecule has 2 amide bonds. The summed E-state index contributed by atoms with van der Waals surface area (Å²) in [6, 6.07) is 0. The number of aromatic nitrogens is 4.